The molecule has 0 unspecified atom stereocenters. The van der Waals surface area contributed by atoms with E-state index in [9.17, 15) is 18.0 Å². The fourth-order valence-electron chi connectivity index (χ4n) is 3.40. The molecule has 3 N–H and O–H groups in total. The molecule has 1 aromatic heterocycles. The summed E-state index contributed by atoms with van der Waals surface area (Å²) in [6.45, 7) is 1.38. The summed E-state index contributed by atoms with van der Waals surface area (Å²) in [6, 6.07) is 21.6. The van der Waals surface area contributed by atoms with Crippen molar-refractivity contribution in [1.82, 2.24) is 14.3 Å². The minimum Gasteiger partial charge on any atom is -0.332 e. The van der Waals surface area contributed by atoms with E-state index in [1.807, 2.05) is 6.07 Å². The van der Waals surface area contributed by atoms with Gasteiger partial charge in [0.1, 0.15) is 12.2 Å². The summed E-state index contributed by atoms with van der Waals surface area (Å²) in [5.74, 6) is -0.440. The van der Waals surface area contributed by atoms with E-state index < -0.39 is 15.9 Å². The number of hydrogen-bond donors (Lipinski definition) is 3. The Hall–Kier alpha value is -4.09. The van der Waals surface area contributed by atoms with Gasteiger partial charge in [0.25, 0.3) is 15.6 Å². The number of carbonyl (C=O) groups excluding carboxylic acids is 1. The normalized spacial score (nSPS) is 11.1. The quantitative estimate of drug-likeness (QED) is 0.343. The van der Waals surface area contributed by atoms with Gasteiger partial charge in [-0.1, -0.05) is 30.3 Å². The van der Waals surface area contributed by atoms with Crippen molar-refractivity contribution in [3.8, 4) is 0 Å². The van der Waals surface area contributed by atoms with Gasteiger partial charge in [0.15, 0.2) is 5.11 Å². The summed E-state index contributed by atoms with van der Waals surface area (Å²) >= 11 is 5.09. The molecule has 0 saturated heterocycles. The van der Waals surface area contributed by atoms with Crippen molar-refractivity contribution in [2.24, 2.45) is 0 Å². The Kier molecular flexibility index (Phi) is 6.90. The van der Waals surface area contributed by atoms with Crippen LogP contribution in [0.15, 0.2) is 88.6 Å². The number of sulfonamides is 1. The third-order valence-electron chi connectivity index (χ3n) is 5.02. The summed E-state index contributed by atoms with van der Waals surface area (Å²) < 4.78 is 28.9. The number of fused-ring (bicyclic) bond motifs is 1. The van der Waals surface area contributed by atoms with E-state index in [4.69, 9.17) is 12.2 Å². The molecule has 178 valence electrons. The highest BCUT2D eigenvalue weighted by atomic mass is 32.2. The number of aromatic nitrogens is 2. The Bertz CT molecular complexity index is 1570. The maximum Gasteiger partial charge on any atom is 0.272 e. The van der Waals surface area contributed by atoms with Crippen molar-refractivity contribution >= 4 is 55.7 Å². The van der Waals surface area contributed by atoms with Crippen LogP contribution in [0.5, 0.6) is 0 Å². The number of carbonyl (C=O) groups is 1. The van der Waals surface area contributed by atoms with Gasteiger partial charge in [-0.25, -0.2) is 13.4 Å². The largest absolute Gasteiger partial charge is 0.332 e. The van der Waals surface area contributed by atoms with Crippen LogP contribution in [-0.4, -0.2) is 29.0 Å². The lowest BCUT2D eigenvalue weighted by atomic mass is 10.2. The first-order chi connectivity index (χ1) is 16.7. The zero-order chi connectivity index (χ0) is 25.0. The van der Waals surface area contributed by atoms with E-state index in [0.29, 0.717) is 28.1 Å². The molecule has 0 fully saturated rings. The number of hydrogen-bond acceptors (Lipinski definition) is 6. The van der Waals surface area contributed by atoms with Crippen molar-refractivity contribution < 1.29 is 13.2 Å². The molecule has 35 heavy (non-hydrogen) atoms. The van der Waals surface area contributed by atoms with Gasteiger partial charge in [0, 0.05) is 11.4 Å². The van der Waals surface area contributed by atoms with Gasteiger partial charge in [0.2, 0.25) is 5.91 Å². The Balaban J connectivity index is 1.43. The number of amides is 1. The molecule has 0 aliphatic rings. The molecule has 0 aliphatic carbocycles. The second-order valence-corrected chi connectivity index (χ2v) is 9.67. The third kappa shape index (κ3) is 5.70. The number of thiocarbonyl (C=S) groups is 1. The van der Waals surface area contributed by atoms with E-state index in [-0.39, 0.29) is 22.1 Å². The van der Waals surface area contributed by atoms with Crippen molar-refractivity contribution in [2.75, 3.05) is 10.6 Å². The Labute approximate surface area is 206 Å². The molecule has 9 nitrogen and oxygen atoms in total. The zero-order valence-electron chi connectivity index (χ0n) is 18.6. The average Bonchev–Trinajstić information content (AvgIpc) is 2.82. The van der Waals surface area contributed by atoms with Crippen LogP contribution in [0.1, 0.15) is 5.69 Å². The standard InChI is InChI=1S/C24H21N5O4S2/c1-16-23(31)29(21-10-6-5-9-20(21)25-16)15-22(30)26-18-11-13-19(14-12-18)35(32,33)28-24(34)27-17-7-3-2-4-8-17/h2-14H,15H2,1H3,(H,26,30)(H2,27,28,34). The minimum atomic E-state index is -3.93. The molecule has 11 heteroatoms. The minimum absolute atomic E-state index is 0.0281. The van der Waals surface area contributed by atoms with Gasteiger partial charge in [0.05, 0.1) is 15.9 Å². The second kappa shape index (κ2) is 10.0. The molecular formula is C24H21N5O4S2. The van der Waals surface area contributed by atoms with Crippen LogP contribution >= 0.6 is 12.2 Å². The third-order valence-corrected chi connectivity index (χ3v) is 6.72. The molecule has 4 rings (SSSR count). The lowest BCUT2D eigenvalue weighted by Crippen LogP contribution is -2.34. The maximum atomic E-state index is 12.6. The molecule has 0 atom stereocenters. The van der Waals surface area contributed by atoms with Crippen molar-refractivity contribution in [3.05, 3.63) is 94.9 Å². The lowest BCUT2D eigenvalue weighted by molar-refractivity contribution is -0.116. The second-order valence-electron chi connectivity index (χ2n) is 7.58. The molecule has 0 bridgehead atoms. The first-order valence-electron chi connectivity index (χ1n) is 10.5. The Morgan fingerprint density at radius 2 is 1.54 bits per heavy atom. The van der Waals surface area contributed by atoms with Gasteiger partial charge in [-0.15, -0.1) is 0 Å². The van der Waals surface area contributed by atoms with Crippen LogP contribution in [0, 0.1) is 6.92 Å². The van der Waals surface area contributed by atoms with Gasteiger partial charge in [-0.3, -0.25) is 18.9 Å². The number of benzene rings is 3. The smallest absolute Gasteiger partial charge is 0.272 e. The Morgan fingerprint density at radius 1 is 0.914 bits per heavy atom. The van der Waals surface area contributed by atoms with E-state index in [0.717, 1.165) is 0 Å². The summed E-state index contributed by atoms with van der Waals surface area (Å²) in [4.78, 5) is 29.4. The molecule has 0 saturated carbocycles. The summed E-state index contributed by atoms with van der Waals surface area (Å²) in [5, 5.41) is 5.41. The number of anilines is 2. The van der Waals surface area contributed by atoms with Crippen LogP contribution < -0.4 is 20.9 Å². The highest BCUT2D eigenvalue weighted by Crippen LogP contribution is 2.15. The van der Waals surface area contributed by atoms with Gasteiger partial charge in [-0.05, 0) is 67.7 Å². The SMILES string of the molecule is Cc1nc2ccccc2n(CC(=O)Nc2ccc(S(=O)(=O)NC(=S)Nc3ccccc3)cc2)c1=O. The van der Waals surface area contributed by atoms with Gasteiger partial charge >= 0.3 is 0 Å². The molecule has 1 heterocycles. The lowest BCUT2D eigenvalue weighted by Gasteiger charge is -2.13. The highest BCUT2D eigenvalue weighted by Gasteiger charge is 2.16. The predicted molar refractivity (Wildman–Crippen MR) is 139 cm³/mol. The molecule has 0 spiro atoms. The molecule has 4 aromatic rings. The first-order valence-corrected chi connectivity index (χ1v) is 12.4. The molecular weight excluding hydrogens is 486 g/mol. The fraction of sp³-hybridized carbons (Fsp3) is 0.0833. The maximum absolute atomic E-state index is 12.6. The van der Waals surface area contributed by atoms with Crippen LogP contribution in [-0.2, 0) is 21.4 Å². The zero-order valence-corrected chi connectivity index (χ0v) is 20.2. The first kappa shape index (κ1) is 24.0. The number of rotatable bonds is 6. The topological polar surface area (TPSA) is 122 Å². The molecule has 3 aromatic carbocycles. The number of aryl methyl sites for hydroxylation is 1. The van der Waals surface area contributed by atoms with Crippen molar-refractivity contribution in [2.45, 2.75) is 18.4 Å². The summed E-state index contributed by atoms with van der Waals surface area (Å²) in [7, 11) is -3.93. The van der Waals surface area contributed by atoms with E-state index in [1.165, 1.54) is 28.8 Å². The van der Waals surface area contributed by atoms with Crippen molar-refractivity contribution in [3.63, 3.8) is 0 Å². The monoisotopic (exact) mass is 507 g/mol. The van der Waals surface area contributed by atoms with Gasteiger partial charge in [-0.2, -0.15) is 0 Å². The van der Waals surface area contributed by atoms with Crippen molar-refractivity contribution in [1.29, 1.82) is 0 Å². The van der Waals surface area contributed by atoms with Crippen LogP contribution in [0.25, 0.3) is 11.0 Å². The van der Waals surface area contributed by atoms with E-state index >= 15 is 0 Å². The Morgan fingerprint density at radius 3 is 2.26 bits per heavy atom. The average molecular weight is 508 g/mol. The summed E-state index contributed by atoms with van der Waals surface area (Å²) in [5.41, 5.74) is 2.12. The number of nitrogens with one attached hydrogen (secondary N) is 3. The van der Waals surface area contributed by atoms with Crippen LogP contribution in [0.3, 0.4) is 0 Å². The number of para-hydroxylation sites is 3. The number of nitrogens with zero attached hydrogens (tertiary/aromatic N) is 2. The fourth-order valence-corrected chi connectivity index (χ4v) is 4.75. The van der Waals surface area contributed by atoms with Gasteiger partial charge < -0.3 is 10.6 Å². The molecule has 0 aliphatic heterocycles. The predicted octanol–water partition coefficient (Wildman–Crippen LogP) is 3.02. The highest BCUT2D eigenvalue weighted by molar-refractivity contribution is 7.92. The van der Waals surface area contributed by atoms with E-state index in [1.54, 1.807) is 55.5 Å². The van der Waals surface area contributed by atoms with Crippen LogP contribution in [0.2, 0.25) is 0 Å². The van der Waals surface area contributed by atoms with Crippen LogP contribution in [0.4, 0.5) is 11.4 Å². The summed E-state index contributed by atoms with van der Waals surface area (Å²) in [6.07, 6.45) is 0. The van der Waals surface area contributed by atoms with E-state index in [2.05, 4.69) is 20.3 Å². The molecule has 0 radical (unpaired) electrons. The molecule has 1 amide bonds.